The molecule has 0 atom stereocenters. The molecule has 88 valence electrons. The summed E-state index contributed by atoms with van der Waals surface area (Å²) < 4.78 is 6.36. The highest BCUT2D eigenvalue weighted by atomic mass is 32.9. The van der Waals surface area contributed by atoms with Crippen LogP contribution in [0.25, 0.3) is 10.4 Å². The second kappa shape index (κ2) is 5.58. The molecule has 0 spiro atoms. The first-order valence-electron chi connectivity index (χ1n) is 5.13. The van der Waals surface area contributed by atoms with Gasteiger partial charge in [0.05, 0.1) is 12.0 Å². The van der Waals surface area contributed by atoms with Gasteiger partial charge in [0.25, 0.3) is 0 Å². The van der Waals surface area contributed by atoms with E-state index in [9.17, 15) is 0 Å². The topological polar surface area (TPSA) is 9.23 Å². The maximum Gasteiger partial charge on any atom is 0.127 e. The third-order valence-corrected chi connectivity index (χ3v) is 5.27. The van der Waals surface area contributed by atoms with Crippen LogP contribution in [0.3, 0.4) is 0 Å². The molecular weight excluding hydrogens is 268 g/mol. The van der Waals surface area contributed by atoms with Gasteiger partial charge in [-0.1, -0.05) is 45.0 Å². The van der Waals surface area contributed by atoms with Gasteiger partial charge in [0.15, 0.2) is 0 Å². The molecule has 0 amide bonds. The summed E-state index contributed by atoms with van der Waals surface area (Å²) in [5.41, 5.74) is 2.32. The van der Waals surface area contributed by atoms with Crippen LogP contribution in [0.2, 0.25) is 0 Å². The van der Waals surface area contributed by atoms with Crippen LogP contribution in [0, 0.1) is 3.82 Å². The lowest BCUT2D eigenvalue weighted by Crippen LogP contribution is -1.89. The van der Waals surface area contributed by atoms with E-state index >= 15 is 0 Å². The molecular formula is C13H12OS3. The summed E-state index contributed by atoms with van der Waals surface area (Å²) in [5, 5.41) is 0. The second-order valence-electron chi connectivity index (χ2n) is 3.52. The largest absolute Gasteiger partial charge is 0.496 e. The fourth-order valence-electron chi connectivity index (χ4n) is 1.60. The first kappa shape index (κ1) is 12.5. The van der Waals surface area contributed by atoms with Gasteiger partial charge in [0.1, 0.15) is 9.57 Å². The van der Waals surface area contributed by atoms with Crippen LogP contribution in [0.1, 0.15) is 5.56 Å². The van der Waals surface area contributed by atoms with Gasteiger partial charge in [-0.15, -0.1) is 6.58 Å². The number of allylic oxidation sites excluding steroid dienone is 1. The number of ether oxygens (including phenoxy) is 1. The van der Waals surface area contributed by atoms with Gasteiger partial charge in [0.2, 0.25) is 0 Å². The van der Waals surface area contributed by atoms with Crippen LogP contribution in [0.4, 0.5) is 0 Å². The molecule has 2 rings (SSSR count). The van der Waals surface area contributed by atoms with Crippen LogP contribution in [0.5, 0.6) is 5.75 Å². The Labute approximate surface area is 113 Å². The number of methoxy groups -OCH3 is 1. The molecule has 0 unspecified atom stereocenters. The average Bonchev–Trinajstić information content (AvgIpc) is 2.76. The van der Waals surface area contributed by atoms with E-state index < -0.39 is 0 Å². The van der Waals surface area contributed by atoms with E-state index in [4.69, 9.17) is 17.0 Å². The van der Waals surface area contributed by atoms with Crippen molar-refractivity contribution in [1.82, 2.24) is 0 Å². The normalized spacial score (nSPS) is 10.2. The standard InChI is InChI=1S/C13H12OS3/c1-3-4-9-5-6-10(11(7-9)14-2)12-8-13(15)17-16-12/h3,5-8H,1,4H2,2H3. The van der Waals surface area contributed by atoms with Crippen molar-refractivity contribution in [2.24, 2.45) is 0 Å². The van der Waals surface area contributed by atoms with Crippen LogP contribution in [-0.2, 0) is 6.42 Å². The maximum atomic E-state index is 5.44. The molecule has 0 fully saturated rings. The zero-order valence-electron chi connectivity index (χ0n) is 9.43. The number of benzene rings is 1. The van der Waals surface area contributed by atoms with Crippen molar-refractivity contribution in [2.75, 3.05) is 7.11 Å². The van der Waals surface area contributed by atoms with Crippen molar-refractivity contribution in [3.05, 3.63) is 46.3 Å². The highest BCUT2D eigenvalue weighted by Gasteiger charge is 2.08. The Morgan fingerprint density at radius 3 is 2.76 bits per heavy atom. The van der Waals surface area contributed by atoms with Crippen molar-refractivity contribution in [1.29, 1.82) is 0 Å². The third kappa shape index (κ3) is 2.83. The molecule has 0 aliphatic heterocycles. The van der Waals surface area contributed by atoms with Gasteiger partial charge in [-0.05, 0) is 30.2 Å². The molecule has 0 saturated heterocycles. The Bertz CT molecular complexity index is 580. The van der Waals surface area contributed by atoms with E-state index in [1.807, 2.05) is 12.1 Å². The van der Waals surface area contributed by atoms with Crippen molar-refractivity contribution < 1.29 is 4.74 Å². The molecule has 1 aromatic heterocycles. The minimum atomic E-state index is 0.857. The molecule has 17 heavy (non-hydrogen) atoms. The van der Waals surface area contributed by atoms with Gasteiger partial charge < -0.3 is 4.74 Å². The van der Waals surface area contributed by atoms with E-state index in [2.05, 4.69) is 24.8 Å². The lowest BCUT2D eigenvalue weighted by Gasteiger charge is -2.08. The number of hydrogen-bond acceptors (Lipinski definition) is 4. The minimum absolute atomic E-state index is 0.857. The van der Waals surface area contributed by atoms with Crippen molar-refractivity contribution >= 4 is 32.9 Å². The van der Waals surface area contributed by atoms with Gasteiger partial charge in [0, 0.05) is 5.56 Å². The third-order valence-electron chi connectivity index (χ3n) is 2.37. The first-order valence-corrected chi connectivity index (χ1v) is 7.68. The van der Waals surface area contributed by atoms with Gasteiger partial charge in [-0.2, -0.15) is 0 Å². The van der Waals surface area contributed by atoms with E-state index in [1.54, 1.807) is 27.8 Å². The molecule has 0 aliphatic carbocycles. The second-order valence-corrected chi connectivity index (χ2v) is 6.43. The van der Waals surface area contributed by atoms with Crippen LogP contribution < -0.4 is 4.74 Å². The van der Waals surface area contributed by atoms with Crippen LogP contribution in [-0.4, -0.2) is 7.11 Å². The summed E-state index contributed by atoms with van der Waals surface area (Å²) in [6, 6.07) is 8.28. The molecule has 1 aromatic carbocycles. The van der Waals surface area contributed by atoms with Crippen LogP contribution >= 0.6 is 32.9 Å². The summed E-state index contributed by atoms with van der Waals surface area (Å²) in [5.74, 6) is 0.897. The first-order chi connectivity index (χ1) is 8.24. The highest BCUT2D eigenvalue weighted by molar-refractivity contribution is 7.80. The SMILES string of the molecule is C=CCc1ccc(-c2cc(=S)ss2)c(OC)c1. The smallest absolute Gasteiger partial charge is 0.127 e. The van der Waals surface area contributed by atoms with Crippen LogP contribution in [0.15, 0.2) is 36.9 Å². The van der Waals surface area contributed by atoms with Gasteiger partial charge in [-0.3, -0.25) is 0 Å². The van der Waals surface area contributed by atoms with E-state index in [-0.39, 0.29) is 0 Å². The Balaban J connectivity index is 2.47. The zero-order valence-corrected chi connectivity index (χ0v) is 11.9. The Kier molecular flexibility index (Phi) is 4.10. The zero-order chi connectivity index (χ0) is 12.3. The Morgan fingerprint density at radius 1 is 1.35 bits per heavy atom. The maximum absolute atomic E-state index is 5.44. The summed E-state index contributed by atoms with van der Waals surface area (Å²) in [7, 11) is 5.00. The summed E-state index contributed by atoms with van der Waals surface area (Å²) in [4.78, 5) is 1.17. The molecule has 4 heteroatoms. The molecule has 1 nitrogen and oxygen atoms in total. The predicted octanol–water partition coefficient (Wildman–Crippen LogP) is 4.94. The predicted molar refractivity (Wildman–Crippen MR) is 78.9 cm³/mol. The lowest BCUT2D eigenvalue weighted by molar-refractivity contribution is 0.416. The number of rotatable bonds is 4. The van der Waals surface area contributed by atoms with E-state index in [1.165, 1.54) is 10.4 Å². The molecule has 0 saturated carbocycles. The molecule has 0 N–H and O–H groups in total. The number of hydrogen-bond donors (Lipinski definition) is 0. The summed E-state index contributed by atoms with van der Waals surface area (Å²) in [6.45, 7) is 3.74. The van der Waals surface area contributed by atoms with E-state index in [0.29, 0.717) is 0 Å². The molecule has 1 heterocycles. The summed E-state index contributed by atoms with van der Waals surface area (Å²) in [6.07, 6.45) is 2.75. The summed E-state index contributed by atoms with van der Waals surface area (Å²) >= 11 is 5.15. The van der Waals surface area contributed by atoms with E-state index in [0.717, 1.165) is 21.6 Å². The van der Waals surface area contributed by atoms with Gasteiger partial charge in [-0.25, -0.2) is 0 Å². The van der Waals surface area contributed by atoms with Crippen molar-refractivity contribution in [3.63, 3.8) is 0 Å². The Hall–Kier alpha value is -0.970. The lowest BCUT2D eigenvalue weighted by atomic mass is 10.1. The van der Waals surface area contributed by atoms with Crippen molar-refractivity contribution in [2.45, 2.75) is 6.42 Å². The van der Waals surface area contributed by atoms with Crippen molar-refractivity contribution in [3.8, 4) is 16.2 Å². The monoisotopic (exact) mass is 280 g/mol. The fourth-order valence-corrected chi connectivity index (χ4v) is 4.01. The quantitative estimate of drug-likeness (QED) is 0.445. The Morgan fingerprint density at radius 2 is 2.18 bits per heavy atom. The van der Waals surface area contributed by atoms with Gasteiger partial charge >= 0.3 is 0 Å². The molecule has 0 aliphatic rings. The molecule has 2 aromatic rings. The highest BCUT2D eigenvalue weighted by Crippen LogP contribution is 2.36. The average molecular weight is 280 g/mol. The molecule has 0 bridgehead atoms. The fraction of sp³-hybridized carbons (Fsp3) is 0.154. The molecule has 0 radical (unpaired) electrons. The minimum Gasteiger partial charge on any atom is -0.496 e.